The Morgan fingerprint density at radius 1 is 1.26 bits per heavy atom. The largest absolute Gasteiger partial charge is 0.492 e. The number of esters is 1. The topological polar surface area (TPSA) is 76.7 Å². The number of thiocarbonyl (C=S) groups is 1. The van der Waals surface area contributed by atoms with E-state index in [0.29, 0.717) is 39.6 Å². The Kier molecular flexibility index (Phi) is 8.45. The minimum atomic E-state index is -0.360. The number of unbranched alkanes of at least 4 members (excludes halogenated alkanes) is 1. The standard InChI is InChI=1S/C22H25BrN2O4S2/c1-3-5-11-29-16-10-9-13(12-15(16)23)19(26)24-22(30)25-20-18(21(27)28-4-2)14-7-6-8-17(14)31-20/h9-10,12H,3-8,11H2,1-2H3,(H2,24,25,26,30). The summed E-state index contributed by atoms with van der Waals surface area (Å²) < 4.78 is 11.6. The lowest BCUT2D eigenvalue weighted by molar-refractivity contribution is 0.0527. The van der Waals surface area contributed by atoms with E-state index in [9.17, 15) is 9.59 Å². The maximum Gasteiger partial charge on any atom is 0.341 e. The smallest absolute Gasteiger partial charge is 0.341 e. The Balaban J connectivity index is 1.67. The molecule has 0 saturated carbocycles. The summed E-state index contributed by atoms with van der Waals surface area (Å²) in [5, 5.41) is 6.46. The van der Waals surface area contributed by atoms with Crippen LogP contribution in [0.3, 0.4) is 0 Å². The van der Waals surface area contributed by atoms with Crippen molar-refractivity contribution in [2.75, 3.05) is 18.5 Å². The second kappa shape index (κ2) is 11.1. The van der Waals surface area contributed by atoms with Crippen LogP contribution >= 0.6 is 39.5 Å². The summed E-state index contributed by atoms with van der Waals surface area (Å²) in [7, 11) is 0. The van der Waals surface area contributed by atoms with E-state index in [1.807, 2.05) is 0 Å². The Morgan fingerprint density at radius 3 is 2.77 bits per heavy atom. The van der Waals surface area contributed by atoms with Crippen LogP contribution in [-0.4, -0.2) is 30.2 Å². The average molecular weight is 525 g/mol. The van der Waals surface area contributed by atoms with Gasteiger partial charge in [-0.05, 0) is 84.5 Å². The van der Waals surface area contributed by atoms with Crippen molar-refractivity contribution in [3.05, 3.63) is 44.2 Å². The fourth-order valence-electron chi connectivity index (χ4n) is 3.31. The van der Waals surface area contributed by atoms with Gasteiger partial charge in [-0.25, -0.2) is 4.79 Å². The third-order valence-corrected chi connectivity index (χ3v) is 6.84. The van der Waals surface area contributed by atoms with Crippen LogP contribution in [0.15, 0.2) is 22.7 Å². The van der Waals surface area contributed by atoms with E-state index in [-0.39, 0.29) is 17.0 Å². The molecule has 1 aromatic carbocycles. The molecule has 0 unspecified atom stereocenters. The highest BCUT2D eigenvalue weighted by atomic mass is 79.9. The molecule has 0 spiro atoms. The SMILES string of the molecule is CCCCOc1ccc(C(=O)NC(=S)Nc2sc3c(c2C(=O)OCC)CCC3)cc1Br. The van der Waals surface area contributed by atoms with Crippen LogP contribution in [0.1, 0.15) is 64.3 Å². The fraction of sp³-hybridized carbons (Fsp3) is 0.409. The highest BCUT2D eigenvalue weighted by molar-refractivity contribution is 9.10. The van der Waals surface area contributed by atoms with Crippen LogP contribution in [0, 0.1) is 0 Å². The van der Waals surface area contributed by atoms with Crippen LogP contribution < -0.4 is 15.4 Å². The molecule has 3 rings (SSSR count). The molecule has 1 heterocycles. The van der Waals surface area contributed by atoms with Crippen LogP contribution in [0.5, 0.6) is 5.75 Å². The maximum absolute atomic E-state index is 12.6. The van der Waals surface area contributed by atoms with Crippen LogP contribution in [0.4, 0.5) is 5.00 Å². The maximum atomic E-state index is 12.6. The average Bonchev–Trinajstić information content (AvgIpc) is 3.30. The van der Waals surface area contributed by atoms with Crippen molar-refractivity contribution in [3.8, 4) is 5.75 Å². The number of carbonyl (C=O) groups is 2. The number of fused-ring (bicyclic) bond motifs is 1. The van der Waals surface area contributed by atoms with Gasteiger partial charge in [0.15, 0.2) is 5.11 Å². The number of hydrogen-bond donors (Lipinski definition) is 2. The zero-order valence-corrected chi connectivity index (χ0v) is 20.7. The summed E-state index contributed by atoms with van der Waals surface area (Å²) in [5.74, 6) is -0.0147. The molecule has 0 aliphatic heterocycles. The minimum Gasteiger partial charge on any atom is -0.492 e. The third kappa shape index (κ3) is 5.84. The van der Waals surface area contributed by atoms with Crippen molar-refractivity contribution in [1.29, 1.82) is 0 Å². The van der Waals surface area contributed by atoms with Crippen molar-refractivity contribution in [2.45, 2.75) is 46.0 Å². The first-order chi connectivity index (χ1) is 14.9. The first-order valence-electron chi connectivity index (χ1n) is 10.3. The van der Waals surface area contributed by atoms with E-state index < -0.39 is 0 Å². The predicted octanol–water partition coefficient (Wildman–Crippen LogP) is 5.48. The molecular weight excluding hydrogens is 500 g/mol. The molecule has 2 N–H and O–H groups in total. The van der Waals surface area contributed by atoms with E-state index in [1.54, 1.807) is 25.1 Å². The monoisotopic (exact) mass is 524 g/mol. The van der Waals surface area contributed by atoms with E-state index in [4.69, 9.17) is 21.7 Å². The zero-order chi connectivity index (χ0) is 22.4. The van der Waals surface area contributed by atoms with E-state index in [1.165, 1.54) is 16.2 Å². The summed E-state index contributed by atoms with van der Waals surface area (Å²) in [5.41, 5.74) is 2.01. The van der Waals surface area contributed by atoms with Crippen LogP contribution in [-0.2, 0) is 17.6 Å². The number of benzene rings is 1. The minimum absolute atomic E-state index is 0.134. The van der Waals surface area contributed by atoms with Gasteiger partial charge in [-0.2, -0.15) is 0 Å². The van der Waals surface area contributed by atoms with Gasteiger partial charge in [0.2, 0.25) is 0 Å². The van der Waals surface area contributed by atoms with E-state index >= 15 is 0 Å². The molecule has 166 valence electrons. The van der Waals surface area contributed by atoms with Crippen molar-refractivity contribution in [2.24, 2.45) is 0 Å². The normalized spacial score (nSPS) is 12.2. The summed E-state index contributed by atoms with van der Waals surface area (Å²) >= 11 is 10.3. The molecule has 9 heteroatoms. The lowest BCUT2D eigenvalue weighted by Crippen LogP contribution is -2.34. The summed E-state index contributed by atoms with van der Waals surface area (Å²) in [4.78, 5) is 26.3. The summed E-state index contributed by atoms with van der Waals surface area (Å²) in [6.07, 6.45) is 4.83. The van der Waals surface area contributed by atoms with Gasteiger partial charge < -0.3 is 14.8 Å². The molecule has 0 bridgehead atoms. The lowest BCUT2D eigenvalue weighted by atomic mass is 10.1. The third-order valence-electron chi connectivity index (χ3n) is 4.80. The molecule has 0 radical (unpaired) electrons. The second-order valence-corrected chi connectivity index (χ2v) is 9.41. The fourth-order valence-corrected chi connectivity index (χ4v) is 5.34. The van der Waals surface area contributed by atoms with Crippen molar-refractivity contribution in [3.63, 3.8) is 0 Å². The van der Waals surface area contributed by atoms with Crippen LogP contribution in [0.2, 0.25) is 0 Å². The molecule has 0 atom stereocenters. The van der Waals surface area contributed by atoms with Gasteiger partial charge in [-0.3, -0.25) is 10.1 Å². The van der Waals surface area contributed by atoms with Gasteiger partial charge in [0.1, 0.15) is 10.8 Å². The number of amides is 1. The molecule has 2 aromatic rings. The Bertz CT molecular complexity index is 990. The molecular formula is C22H25BrN2O4S2. The number of aryl methyl sites for hydroxylation is 1. The second-order valence-electron chi connectivity index (χ2n) is 7.04. The molecule has 0 fully saturated rings. The van der Waals surface area contributed by atoms with Crippen molar-refractivity contribution in [1.82, 2.24) is 5.32 Å². The quantitative estimate of drug-likeness (QED) is 0.270. The van der Waals surface area contributed by atoms with Crippen LogP contribution in [0.25, 0.3) is 0 Å². The number of ether oxygens (including phenoxy) is 2. The Morgan fingerprint density at radius 2 is 2.06 bits per heavy atom. The molecule has 1 aromatic heterocycles. The number of nitrogens with one attached hydrogen (secondary N) is 2. The highest BCUT2D eigenvalue weighted by Gasteiger charge is 2.28. The van der Waals surface area contributed by atoms with E-state index in [2.05, 4.69) is 33.5 Å². The van der Waals surface area contributed by atoms with Crippen molar-refractivity contribution >= 4 is 61.5 Å². The van der Waals surface area contributed by atoms with Gasteiger partial charge in [0.05, 0.1) is 23.2 Å². The first kappa shape index (κ1) is 23.7. The van der Waals surface area contributed by atoms with Gasteiger partial charge >= 0.3 is 5.97 Å². The number of hydrogen-bond acceptors (Lipinski definition) is 6. The molecule has 1 amide bonds. The zero-order valence-electron chi connectivity index (χ0n) is 17.5. The number of rotatable bonds is 8. The number of carbonyl (C=O) groups excluding carboxylic acids is 2. The van der Waals surface area contributed by atoms with Gasteiger partial charge in [0.25, 0.3) is 5.91 Å². The molecule has 1 aliphatic carbocycles. The van der Waals surface area contributed by atoms with E-state index in [0.717, 1.165) is 37.7 Å². The molecule has 1 aliphatic rings. The number of halogens is 1. The van der Waals surface area contributed by atoms with Crippen molar-refractivity contribution < 1.29 is 19.1 Å². The predicted molar refractivity (Wildman–Crippen MR) is 131 cm³/mol. The van der Waals surface area contributed by atoms with Gasteiger partial charge in [0, 0.05) is 10.4 Å². The molecule has 31 heavy (non-hydrogen) atoms. The first-order valence-corrected chi connectivity index (χ1v) is 12.3. The number of anilines is 1. The summed E-state index contributed by atoms with van der Waals surface area (Å²) in [6.45, 7) is 4.81. The number of thiophene rings is 1. The van der Waals surface area contributed by atoms with Gasteiger partial charge in [-0.1, -0.05) is 13.3 Å². The molecule has 6 nitrogen and oxygen atoms in total. The lowest BCUT2D eigenvalue weighted by Gasteiger charge is -2.12. The summed E-state index contributed by atoms with van der Waals surface area (Å²) in [6, 6.07) is 5.14. The Labute approximate surface area is 199 Å². The van der Waals surface area contributed by atoms with Gasteiger partial charge in [-0.15, -0.1) is 11.3 Å². The Hall–Kier alpha value is -1.97. The highest BCUT2D eigenvalue weighted by Crippen LogP contribution is 2.39. The molecule has 0 saturated heterocycles.